The summed E-state index contributed by atoms with van der Waals surface area (Å²) in [5.41, 5.74) is 1.19. The number of carbonyl (C=O) groups is 1. The van der Waals surface area contributed by atoms with Crippen LogP contribution < -0.4 is 10.1 Å². The van der Waals surface area contributed by atoms with Crippen LogP contribution in [0.2, 0.25) is 0 Å². The standard InChI is InChI=1S/C22H26N4O4/c1-28-18-6-3-2-5-16(18)15-26-12-10-17(11-13-26)23-20(27)8-9-21-24-22(25-30-21)19-7-4-14-29-19/h2-7,14,17H,8-13,15H2,1H3,(H,23,27). The molecule has 0 bridgehead atoms. The fraction of sp³-hybridized carbons (Fsp3) is 0.409. The molecule has 1 amide bonds. The minimum Gasteiger partial charge on any atom is -0.496 e. The molecule has 1 fully saturated rings. The molecule has 0 radical (unpaired) electrons. The van der Waals surface area contributed by atoms with E-state index >= 15 is 0 Å². The molecule has 0 aliphatic carbocycles. The molecule has 0 unspecified atom stereocenters. The van der Waals surface area contributed by atoms with Crippen molar-refractivity contribution in [3.05, 3.63) is 54.1 Å². The monoisotopic (exact) mass is 410 g/mol. The van der Waals surface area contributed by atoms with Crippen molar-refractivity contribution in [2.45, 2.75) is 38.3 Å². The summed E-state index contributed by atoms with van der Waals surface area (Å²) in [7, 11) is 1.70. The first-order valence-electron chi connectivity index (χ1n) is 10.2. The van der Waals surface area contributed by atoms with Gasteiger partial charge in [-0.15, -0.1) is 0 Å². The Morgan fingerprint density at radius 2 is 2.07 bits per heavy atom. The van der Waals surface area contributed by atoms with E-state index in [0.717, 1.165) is 38.2 Å². The highest BCUT2D eigenvalue weighted by molar-refractivity contribution is 5.76. The first-order valence-corrected chi connectivity index (χ1v) is 10.2. The Morgan fingerprint density at radius 1 is 1.23 bits per heavy atom. The summed E-state index contributed by atoms with van der Waals surface area (Å²) in [5, 5.41) is 7.01. The number of piperidine rings is 1. The number of hydrogen-bond donors (Lipinski definition) is 1. The quantitative estimate of drug-likeness (QED) is 0.610. The lowest BCUT2D eigenvalue weighted by molar-refractivity contribution is -0.122. The fourth-order valence-corrected chi connectivity index (χ4v) is 3.69. The van der Waals surface area contributed by atoms with Gasteiger partial charge in [0.1, 0.15) is 5.75 Å². The van der Waals surface area contributed by atoms with E-state index in [1.165, 1.54) is 5.56 Å². The van der Waals surface area contributed by atoms with Gasteiger partial charge in [-0.1, -0.05) is 23.4 Å². The van der Waals surface area contributed by atoms with Gasteiger partial charge < -0.3 is 19.0 Å². The third kappa shape index (κ3) is 5.07. The Balaban J connectivity index is 1.19. The van der Waals surface area contributed by atoms with Gasteiger partial charge >= 0.3 is 0 Å². The fourth-order valence-electron chi connectivity index (χ4n) is 3.69. The molecule has 8 heteroatoms. The first-order chi connectivity index (χ1) is 14.7. The molecule has 0 saturated carbocycles. The number of aryl methyl sites for hydroxylation is 1. The summed E-state index contributed by atoms with van der Waals surface area (Å²) in [6.07, 6.45) is 4.15. The Hall–Kier alpha value is -3.13. The topological polar surface area (TPSA) is 93.6 Å². The summed E-state index contributed by atoms with van der Waals surface area (Å²) in [5.74, 6) is 2.32. The summed E-state index contributed by atoms with van der Waals surface area (Å²) in [6, 6.07) is 11.8. The van der Waals surface area contributed by atoms with Crippen LogP contribution in [0.4, 0.5) is 0 Å². The number of para-hydroxylation sites is 1. The highest BCUT2D eigenvalue weighted by atomic mass is 16.5. The van der Waals surface area contributed by atoms with Gasteiger partial charge in [0.2, 0.25) is 17.6 Å². The molecule has 0 spiro atoms. The molecule has 1 aromatic carbocycles. The molecular weight excluding hydrogens is 384 g/mol. The zero-order valence-electron chi connectivity index (χ0n) is 17.0. The maximum Gasteiger partial charge on any atom is 0.238 e. The lowest BCUT2D eigenvalue weighted by atomic mass is 10.0. The second kappa shape index (κ2) is 9.58. The number of nitrogens with zero attached hydrogens (tertiary/aromatic N) is 3. The van der Waals surface area contributed by atoms with Crippen LogP contribution in [0.25, 0.3) is 11.6 Å². The van der Waals surface area contributed by atoms with Crippen LogP contribution in [-0.2, 0) is 17.8 Å². The lowest BCUT2D eigenvalue weighted by Gasteiger charge is -2.32. The molecular formula is C22H26N4O4. The molecule has 3 aromatic rings. The van der Waals surface area contributed by atoms with Crippen LogP contribution >= 0.6 is 0 Å². The minimum atomic E-state index is 0.0101. The maximum absolute atomic E-state index is 12.3. The van der Waals surface area contributed by atoms with Crippen molar-refractivity contribution in [3.8, 4) is 17.3 Å². The van der Waals surface area contributed by atoms with Crippen LogP contribution in [0.3, 0.4) is 0 Å². The maximum atomic E-state index is 12.3. The second-order valence-electron chi connectivity index (χ2n) is 7.42. The van der Waals surface area contributed by atoms with Crippen molar-refractivity contribution in [2.75, 3.05) is 20.2 Å². The third-order valence-electron chi connectivity index (χ3n) is 5.31. The van der Waals surface area contributed by atoms with Gasteiger partial charge in [0, 0.05) is 44.1 Å². The van der Waals surface area contributed by atoms with Crippen LogP contribution in [-0.4, -0.2) is 47.2 Å². The Labute approximate surface area is 175 Å². The van der Waals surface area contributed by atoms with Gasteiger partial charge in [0.25, 0.3) is 0 Å². The second-order valence-corrected chi connectivity index (χ2v) is 7.42. The van der Waals surface area contributed by atoms with E-state index in [0.29, 0.717) is 30.3 Å². The van der Waals surface area contributed by atoms with Gasteiger partial charge in [0.15, 0.2) is 5.76 Å². The number of ether oxygens (including phenoxy) is 1. The molecule has 2 aromatic heterocycles. The van der Waals surface area contributed by atoms with Crippen LogP contribution in [0.15, 0.2) is 51.6 Å². The summed E-state index contributed by atoms with van der Waals surface area (Å²) in [6.45, 7) is 2.75. The van der Waals surface area contributed by atoms with E-state index in [4.69, 9.17) is 13.7 Å². The van der Waals surface area contributed by atoms with Crippen molar-refractivity contribution in [1.82, 2.24) is 20.4 Å². The zero-order valence-corrected chi connectivity index (χ0v) is 17.0. The summed E-state index contributed by atoms with van der Waals surface area (Å²) >= 11 is 0. The normalized spacial score (nSPS) is 15.2. The predicted molar refractivity (Wildman–Crippen MR) is 110 cm³/mol. The number of likely N-dealkylation sites (tertiary alicyclic amines) is 1. The van der Waals surface area contributed by atoms with Gasteiger partial charge in [-0.25, -0.2) is 0 Å². The molecule has 158 valence electrons. The van der Waals surface area contributed by atoms with Gasteiger partial charge in [0.05, 0.1) is 13.4 Å². The Morgan fingerprint density at radius 3 is 2.83 bits per heavy atom. The number of rotatable bonds is 8. The SMILES string of the molecule is COc1ccccc1CN1CCC(NC(=O)CCc2nc(-c3ccco3)no2)CC1. The van der Waals surface area contributed by atoms with Crippen molar-refractivity contribution in [2.24, 2.45) is 0 Å². The molecule has 8 nitrogen and oxygen atoms in total. The number of carbonyl (C=O) groups excluding carboxylic acids is 1. The van der Waals surface area contributed by atoms with Gasteiger partial charge in [-0.05, 0) is 31.0 Å². The van der Waals surface area contributed by atoms with E-state index in [1.54, 1.807) is 25.5 Å². The van der Waals surface area contributed by atoms with Crippen LogP contribution in [0, 0.1) is 0 Å². The first kappa shape index (κ1) is 20.2. The van der Waals surface area contributed by atoms with E-state index in [1.807, 2.05) is 18.2 Å². The van der Waals surface area contributed by atoms with Crippen molar-refractivity contribution >= 4 is 5.91 Å². The largest absolute Gasteiger partial charge is 0.496 e. The average molecular weight is 410 g/mol. The van der Waals surface area contributed by atoms with Crippen molar-refractivity contribution in [3.63, 3.8) is 0 Å². The molecule has 3 heterocycles. The van der Waals surface area contributed by atoms with Gasteiger partial charge in [-0.2, -0.15) is 4.98 Å². The number of benzene rings is 1. The van der Waals surface area contributed by atoms with Crippen molar-refractivity contribution < 1.29 is 18.5 Å². The number of methoxy groups -OCH3 is 1. The highest BCUT2D eigenvalue weighted by Gasteiger charge is 2.22. The van der Waals surface area contributed by atoms with E-state index in [9.17, 15) is 4.79 Å². The molecule has 1 aliphatic heterocycles. The van der Waals surface area contributed by atoms with Crippen molar-refractivity contribution in [1.29, 1.82) is 0 Å². The molecule has 0 atom stereocenters. The summed E-state index contributed by atoms with van der Waals surface area (Å²) < 4.78 is 15.9. The Kier molecular flexibility index (Phi) is 6.44. The number of amides is 1. The number of hydrogen-bond acceptors (Lipinski definition) is 7. The zero-order chi connectivity index (χ0) is 20.8. The van der Waals surface area contributed by atoms with E-state index < -0.39 is 0 Å². The minimum absolute atomic E-state index is 0.0101. The van der Waals surface area contributed by atoms with Crippen LogP contribution in [0.1, 0.15) is 30.7 Å². The van der Waals surface area contributed by atoms with Gasteiger partial charge in [-0.3, -0.25) is 9.69 Å². The molecule has 1 saturated heterocycles. The average Bonchev–Trinajstić information content (AvgIpc) is 3.46. The highest BCUT2D eigenvalue weighted by Crippen LogP contribution is 2.21. The number of aromatic nitrogens is 2. The molecule has 4 rings (SSSR count). The Bertz CT molecular complexity index is 946. The molecule has 1 aliphatic rings. The third-order valence-corrected chi connectivity index (χ3v) is 5.31. The smallest absolute Gasteiger partial charge is 0.238 e. The van der Waals surface area contributed by atoms with Crippen LogP contribution in [0.5, 0.6) is 5.75 Å². The lowest BCUT2D eigenvalue weighted by Crippen LogP contribution is -2.44. The number of nitrogens with one attached hydrogen (secondary N) is 1. The molecule has 30 heavy (non-hydrogen) atoms. The predicted octanol–water partition coefficient (Wildman–Crippen LogP) is 3.05. The number of furan rings is 1. The van der Waals surface area contributed by atoms with E-state index in [2.05, 4.69) is 26.4 Å². The summed E-state index contributed by atoms with van der Waals surface area (Å²) in [4.78, 5) is 19.0. The molecule has 1 N–H and O–H groups in total. The van der Waals surface area contributed by atoms with E-state index in [-0.39, 0.29) is 11.9 Å².